The molecule has 0 spiro atoms. The van der Waals surface area contributed by atoms with Gasteiger partial charge in [0.25, 0.3) is 0 Å². The van der Waals surface area contributed by atoms with Gasteiger partial charge in [-0.25, -0.2) is 0 Å². The predicted octanol–water partition coefficient (Wildman–Crippen LogP) is 4.76. The summed E-state index contributed by atoms with van der Waals surface area (Å²) in [5.74, 6) is 0. The van der Waals surface area contributed by atoms with Crippen LogP contribution in [0.1, 0.15) is 48.6 Å². The molecule has 2 aliphatic rings. The molecule has 0 bridgehead atoms. The van der Waals surface area contributed by atoms with Gasteiger partial charge in [0.05, 0.1) is 0 Å². The van der Waals surface area contributed by atoms with Crippen molar-refractivity contribution in [3.63, 3.8) is 0 Å². The second kappa shape index (κ2) is 6.40. The highest BCUT2D eigenvalue weighted by Gasteiger charge is 2.36. The summed E-state index contributed by atoms with van der Waals surface area (Å²) in [7, 11) is 1.18. The summed E-state index contributed by atoms with van der Waals surface area (Å²) in [5.41, 5.74) is 8.19. The summed E-state index contributed by atoms with van der Waals surface area (Å²) in [6.07, 6.45) is 2.58. The molecule has 2 aromatic rings. The number of benzene rings is 2. The molecule has 0 amide bonds. The van der Waals surface area contributed by atoms with Crippen molar-refractivity contribution >= 4 is 14.7 Å². The van der Waals surface area contributed by atoms with Gasteiger partial charge in [0, 0.05) is 35.4 Å². The Bertz CT molecular complexity index is 824. The van der Waals surface area contributed by atoms with Crippen molar-refractivity contribution in [3.8, 4) is 0 Å². The van der Waals surface area contributed by atoms with Gasteiger partial charge in [0.1, 0.15) is 8.96 Å². The lowest BCUT2D eigenvalue weighted by molar-refractivity contribution is 0.290. The van der Waals surface area contributed by atoms with Gasteiger partial charge in [-0.15, -0.1) is 0 Å². The Balaban J connectivity index is 1.68. The van der Waals surface area contributed by atoms with Crippen molar-refractivity contribution in [2.75, 3.05) is 7.05 Å². The molecule has 1 aliphatic heterocycles. The molecule has 2 nitrogen and oxygen atoms in total. The van der Waals surface area contributed by atoms with Crippen LogP contribution >= 0.6 is 0 Å². The molecule has 1 heterocycles. The smallest absolute Gasteiger partial charge is 0.120 e. The third-order valence-corrected chi connectivity index (χ3v) is 9.89. The molecule has 0 radical (unpaired) electrons. The first kappa shape index (κ1) is 17.6. The van der Waals surface area contributed by atoms with E-state index < -0.39 is 8.96 Å². The molecule has 2 aromatic carbocycles. The van der Waals surface area contributed by atoms with Crippen LogP contribution in [-0.2, 0) is 13.1 Å². The molecule has 0 saturated carbocycles. The fourth-order valence-electron chi connectivity index (χ4n) is 4.40. The van der Waals surface area contributed by atoms with E-state index in [-0.39, 0.29) is 5.54 Å². The summed E-state index contributed by atoms with van der Waals surface area (Å²) in [6, 6.07) is 18.0. The summed E-state index contributed by atoms with van der Waals surface area (Å²) >= 11 is 0. The first-order valence-electron chi connectivity index (χ1n) is 9.72. The Morgan fingerprint density at radius 1 is 0.962 bits per heavy atom. The quantitative estimate of drug-likeness (QED) is 0.726. The number of allylic oxidation sites excluding steroid dienone is 1. The van der Waals surface area contributed by atoms with Crippen molar-refractivity contribution in [2.45, 2.75) is 51.5 Å². The highest BCUT2D eigenvalue weighted by Crippen LogP contribution is 2.42. The van der Waals surface area contributed by atoms with E-state index >= 15 is 0 Å². The number of fused-ring (bicyclic) bond motifs is 2. The molecule has 3 heteroatoms. The van der Waals surface area contributed by atoms with Crippen LogP contribution in [-0.4, -0.2) is 31.0 Å². The van der Waals surface area contributed by atoms with Gasteiger partial charge >= 0.3 is 0 Å². The first-order chi connectivity index (χ1) is 12.4. The van der Waals surface area contributed by atoms with E-state index in [9.17, 15) is 0 Å². The maximum Gasteiger partial charge on any atom is 0.120 e. The Hall–Kier alpha value is -1.84. The molecule has 136 valence electrons. The predicted molar refractivity (Wildman–Crippen MR) is 113 cm³/mol. The maximum absolute atomic E-state index is 2.65. The van der Waals surface area contributed by atoms with Crippen LogP contribution in [0.15, 0.2) is 54.6 Å². The Morgan fingerprint density at radius 2 is 1.54 bits per heavy atom. The van der Waals surface area contributed by atoms with Crippen LogP contribution < -0.4 is 0 Å². The SMILES string of the molecule is CN([SiH](C)C1C=C(N2Cc3ccccc3C2)c2ccccc21)C(C)(C)C. The van der Waals surface area contributed by atoms with E-state index in [0.717, 1.165) is 13.1 Å². The van der Waals surface area contributed by atoms with Gasteiger partial charge in [-0.2, -0.15) is 0 Å². The maximum atomic E-state index is 2.65. The number of hydrogen-bond acceptors (Lipinski definition) is 2. The molecular formula is C23H30N2Si. The molecular weight excluding hydrogens is 332 g/mol. The highest BCUT2D eigenvalue weighted by molar-refractivity contribution is 6.57. The average molecular weight is 363 g/mol. The minimum Gasteiger partial charge on any atom is -0.363 e. The van der Waals surface area contributed by atoms with E-state index in [1.165, 1.54) is 28.0 Å². The van der Waals surface area contributed by atoms with Crippen molar-refractivity contribution in [2.24, 2.45) is 0 Å². The Kier molecular flexibility index (Phi) is 4.32. The van der Waals surface area contributed by atoms with E-state index in [0.29, 0.717) is 5.54 Å². The van der Waals surface area contributed by atoms with Crippen LogP contribution in [0.25, 0.3) is 5.70 Å². The molecule has 0 saturated heterocycles. The third-order valence-electron chi connectivity index (χ3n) is 6.30. The molecule has 0 fully saturated rings. The van der Waals surface area contributed by atoms with E-state index in [2.05, 4.69) is 98.4 Å². The zero-order valence-corrected chi connectivity index (χ0v) is 17.8. The molecule has 26 heavy (non-hydrogen) atoms. The standard InChI is InChI=1S/C23H30N2Si/c1-23(2,3)24(4)26(5)22-14-21(19-12-8-9-13-20(19)22)25-15-17-10-6-7-11-18(17)16-25/h6-14,22,26H,15-16H2,1-5H3. The summed E-state index contributed by atoms with van der Waals surface area (Å²) in [4.78, 5) is 2.57. The van der Waals surface area contributed by atoms with Crippen molar-refractivity contribution < 1.29 is 0 Å². The van der Waals surface area contributed by atoms with Gasteiger partial charge in [-0.3, -0.25) is 0 Å². The lowest BCUT2D eigenvalue weighted by Gasteiger charge is -2.39. The number of nitrogens with zero attached hydrogens (tertiary/aromatic N) is 2. The molecule has 1 aliphatic carbocycles. The van der Waals surface area contributed by atoms with Gasteiger partial charge < -0.3 is 9.47 Å². The van der Waals surface area contributed by atoms with Crippen LogP contribution in [0.5, 0.6) is 0 Å². The zero-order chi connectivity index (χ0) is 18.5. The largest absolute Gasteiger partial charge is 0.363 e. The second-order valence-corrected chi connectivity index (χ2v) is 11.8. The van der Waals surface area contributed by atoms with E-state index in [1.807, 2.05) is 0 Å². The zero-order valence-electron chi connectivity index (χ0n) is 16.7. The molecule has 2 atom stereocenters. The molecule has 4 rings (SSSR count). The van der Waals surface area contributed by atoms with Crippen molar-refractivity contribution in [3.05, 3.63) is 76.9 Å². The fourth-order valence-corrected chi connectivity index (χ4v) is 7.38. The normalized spacial score (nSPS) is 20.2. The fraction of sp³-hybridized carbons (Fsp3) is 0.391. The van der Waals surface area contributed by atoms with Crippen LogP contribution in [0.2, 0.25) is 6.55 Å². The van der Waals surface area contributed by atoms with E-state index in [4.69, 9.17) is 0 Å². The Morgan fingerprint density at radius 3 is 2.15 bits per heavy atom. The highest BCUT2D eigenvalue weighted by atomic mass is 28.3. The van der Waals surface area contributed by atoms with Crippen LogP contribution in [0.4, 0.5) is 0 Å². The number of rotatable bonds is 3. The summed E-state index contributed by atoms with van der Waals surface area (Å²) in [5, 5.41) is 0. The number of hydrogen-bond donors (Lipinski definition) is 0. The summed E-state index contributed by atoms with van der Waals surface area (Å²) in [6.45, 7) is 11.6. The monoisotopic (exact) mass is 362 g/mol. The third kappa shape index (κ3) is 2.93. The molecule has 2 unspecified atom stereocenters. The molecule has 0 aromatic heterocycles. The molecule has 0 N–H and O–H groups in total. The topological polar surface area (TPSA) is 6.48 Å². The average Bonchev–Trinajstić information content (AvgIpc) is 3.21. The first-order valence-corrected chi connectivity index (χ1v) is 12.1. The van der Waals surface area contributed by atoms with Crippen molar-refractivity contribution in [1.29, 1.82) is 0 Å². The summed E-state index contributed by atoms with van der Waals surface area (Å²) < 4.78 is 2.65. The van der Waals surface area contributed by atoms with Gasteiger partial charge in [-0.05, 0) is 44.5 Å². The van der Waals surface area contributed by atoms with Crippen LogP contribution in [0.3, 0.4) is 0 Å². The second-order valence-electron chi connectivity index (χ2n) is 8.81. The lowest BCUT2D eigenvalue weighted by Crippen LogP contribution is -2.49. The van der Waals surface area contributed by atoms with Crippen LogP contribution in [0, 0.1) is 0 Å². The minimum atomic E-state index is -1.14. The van der Waals surface area contributed by atoms with Gasteiger partial charge in [0.2, 0.25) is 0 Å². The minimum absolute atomic E-state index is 0.223. The lowest BCUT2D eigenvalue weighted by atomic mass is 10.1. The van der Waals surface area contributed by atoms with E-state index in [1.54, 1.807) is 0 Å². The Labute approximate surface area is 159 Å². The van der Waals surface area contributed by atoms with Crippen molar-refractivity contribution in [1.82, 2.24) is 9.47 Å². The van der Waals surface area contributed by atoms with Gasteiger partial charge in [0.15, 0.2) is 0 Å². The van der Waals surface area contributed by atoms with Gasteiger partial charge in [-0.1, -0.05) is 61.2 Å².